The zero-order valence-corrected chi connectivity index (χ0v) is 14.5. The molecule has 0 aliphatic carbocycles. The van der Waals surface area contributed by atoms with Crippen molar-refractivity contribution in [2.45, 2.75) is 17.2 Å². The largest absolute Gasteiger partial charge is 0.244 e. The first-order chi connectivity index (χ1) is 10.5. The molecule has 22 heavy (non-hydrogen) atoms. The highest BCUT2D eigenvalue weighted by Gasteiger charge is 2.36. The van der Waals surface area contributed by atoms with Crippen LogP contribution in [0.15, 0.2) is 53.4 Å². The van der Waals surface area contributed by atoms with E-state index < -0.39 is 10.0 Å². The molecule has 0 aromatic heterocycles. The van der Waals surface area contributed by atoms with Gasteiger partial charge in [-0.3, -0.25) is 0 Å². The molecule has 0 radical (unpaired) electrons. The molecule has 3 rings (SSSR count). The Morgan fingerprint density at radius 1 is 1.09 bits per heavy atom. The molecule has 0 N–H and O–H groups in total. The molecule has 0 bridgehead atoms. The summed E-state index contributed by atoms with van der Waals surface area (Å²) in [6.07, 6.45) is 0. The van der Waals surface area contributed by atoms with Gasteiger partial charge >= 0.3 is 0 Å². The molecule has 1 aliphatic rings. The zero-order valence-electron chi connectivity index (χ0n) is 12.1. The summed E-state index contributed by atoms with van der Waals surface area (Å²) < 4.78 is 27.3. The van der Waals surface area contributed by atoms with Gasteiger partial charge in [0.15, 0.2) is 0 Å². The van der Waals surface area contributed by atoms with Gasteiger partial charge in [0.25, 0.3) is 0 Å². The monoisotopic (exact) mass is 353 g/mol. The topological polar surface area (TPSA) is 37.4 Å². The van der Waals surface area contributed by atoms with Crippen LogP contribution in [-0.4, -0.2) is 25.0 Å². The summed E-state index contributed by atoms with van der Waals surface area (Å²) in [6, 6.07) is 14.4. The molecule has 6 heteroatoms. The van der Waals surface area contributed by atoms with E-state index in [0.29, 0.717) is 16.5 Å². The van der Waals surface area contributed by atoms with Gasteiger partial charge in [-0.2, -0.15) is 4.31 Å². The Labute approximate surface area is 140 Å². The fraction of sp³-hybridized carbons (Fsp3) is 0.250. The van der Waals surface area contributed by atoms with Gasteiger partial charge in [-0.05, 0) is 36.8 Å². The predicted octanol–water partition coefficient (Wildman–Crippen LogP) is 4.08. The van der Waals surface area contributed by atoms with E-state index >= 15 is 0 Å². The molecule has 1 heterocycles. The van der Waals surface area contributed by atoms with Crippen LogP contribution in [0.3, 0.4) is 0 Å². The van der Waals surface area contributed by atoms with Crippen molar-refractivity contribution in [2.75, 3.05) is 12.3 Å². The van der Waals surface area contributed by atoms with E-state index in [-0.39, 0.29) is 5.37 Å². The minimum atomic E-state index is -3.48. The second-order valence-corrected chi connectivity index (χ2v) is 8.72. The van der Waals surface area contributed by atoms with Crippen molar-refractivity contribution >= 4 is 33.4 Å². The van der Waals surface area contributed by atoms with E-state index in [1.165, 1.54) is 0 Å². The molecule has 0 spiro atoms. The Kier molecular flexibility index (Phi) is 4.50. The van der Waals surface area contributed by atoms with Crippen LogP contribution < -0.4 is 0 Å². The van der Waals surface area contributed by atoms with Crippen molar-refractivity contribution in [3.8, 4) is 0 Å². The number of thioether (sulfide) groups is 1. The van der Waals surface area contributed by atoms with E-state index in [1.54, 1.807) is 40.3 Å². The Balaban J connectivity index is 1.95. The summed E-state index contributed by atoms with van der Waals surface area (Å²) in [5, 5.41) is 0.461. The van der Waals surface area contributed by atoms with Crippen LogP contribution in [0.25, 0.3) is 0 Å². The van der Waals surface area contributed by atoms with Gasteiger partial charge in [-0.25, -0.2) is 8.42 Å². The molecule has 1 atom stereocenters. The first-order valence-electron chi connectivity index (χ1n) is 6.94. The van der Waals surface area contributed by atoms with Gasteiger partial charge in [0, 0.05) is 17.3 Å². The smallest absolute Gasteiger partial charge is 0.207 e. The Morgan fingerprint density at radius 2 is 1.73 bits per heavy atom. The van der Waals surface area contributed by atoms with Crippen molar-refractivity contribution in [3.05, 3.63) is 64.7 Å². The van der Waals surface area contributed by atoms with E-state index in [4.69, 9.17) is 11.6 Å². The Hall–Kier alpha value is -1.01. The lowest BCUT2D eigenvalue weighted by atomic mass is 10.2. The van der Waals surface area contributed by atoms with Crippen LogP contribution >= 0.6 is 23.4 Å². The van der Waals surface area contributed by atoms with Crippen LogP contribution in [0.4, 0.5) is 0 Å². The molecule has 116 valence electrons. The first kappa shape index (κ1) is 15.9. The molecule has 2 aromatic rings. The number of benzene rings is 2. The fourth-order valence-electron chi connectivity index (χ4n) is 2.44. The summed E-state index contributed by atoms with van der Waals surface area (Å²) in [6.45, 7) is 2.47. The molecular weight excluding hydrogens is 338 g/mol. The second kappa shape index (κ2) is 6.24. The predicted molar refractivity (Wildman–Crippen MR) is 91.7 cm³/mol. The highest BCUT2D eigenvalue weighted by molar-refractivity contribution is 8.01. The van der Waals surface area contributed by atoms with E-state index in [9.17, 15) is 8.42 Å². The van der Waals surface area contributed by atoms with Crippen LogP contribution in [0.2, 0.25) is 5.02 Å². The summed E-state index contributed by atoms with van der Waals surface area (Å²) in [4.78, 5) is 0.347. The van der Waals surface area contributed by atoms with Crippen LogP contribution in [0.1, 0.15) is 16.5 Å². The van der Waals surface area contributed by atoms with Crippen molar-refractivity contribution in [3.63, 3.8) is 0 Å². The first-order valence-corrected chi connectivity index (χ1v) is 9.81. The van der Waals surface area contributed by atoms with E-state index in [1.807, 2.05) is 31.2 Å². The van der Waals surface area contributed by atoms with Crippen molar-refractivity contribution in [2.24, 2.45) is 0 Å². The second-order valence-electron chi connectivity index (χ2n) is 5.20. The van der Waals surface area contributed by atoms with Gasteiger partial charge in [-0.1, -0.05) is 41.4 Å². The minimum Gasteiger partial charge on any atom is -0.207 e. The molecule has 3 nitrogen and oxygen atoms in total. The summed E-state index contributed by atoms with van der Waals surface area (Å²) in [7, 11) is -3.48. The number of sulfonamides is 1. The quantitative estimate of drug-likeness (QED) is 0.834. The molecule has 0 amide bonds. The molecule has 2 aromatic carbocycles. The zero-order chi connectivity index (χ0) is 15.7. The van der Waals surface area contributed by atoms with Crippen LogP contribution in [0, 0.1) is 6.92 Å². The number of aryl methyl sites for hydroxylation is 1. The van der Waals surface area contributed by atoms with Crippen molar-refractivity contribution in [1.82, 2.24) is 4.31 Å². The van der Waals surface area contributed by atoms with Gasteiger partial charge in [0.1, 0.15) is 0 Å². The number of nitrogens with zero attached hydrogens (tertiary/aromatic N) is 1. The van der Waals surface area contributed by atoms with Crippen LogP contribution in [0.5, 0.6) is 0 Å². The van der Waals surface area contributed by atoms with Gasteiger partial charge in [0.2, 0.25) is 10.0 Å². The Bertz CT molecular complexity index is 758. The average Bonchev–Trinajstić information content (AvgIpc) is 2.99. The third kappa shape index (κ3) is 3.04. The average molecular weight is 354 g/mol. The lowest BCUT2D eigenvalue weighted by Gasteiger charge is -2.23. The summed E-state index contributed by atoms with van der Waals surface area (Å²) in [5.41, 5.74) is 2.01. The number of halogens is 1. The standard InChI is InChI=1S/C16H16ClNO2S2/c1-12-2-8-15(9-3-12)22(19,20)18-10-11-21-16(18)13-4-6-14(17)7-5-13/h2-9,16H,10-11H2,1H3/t16-/m0/s1. The lowest BCUT2D eigenvalue weighted by molar-refractivity contribution is 0.434. The number of hydrogen-bond acceptors (Lipinski definition) is 3. The highest BCUT2D eigenvalue weighted by Crippen LogP contribution is 2.41. The number of hydrogen-bond donors (Lipinski definition) is 0. The normalized spacial score (nSPS) is 19.5. The molecule has 1 fully saturated rings. The SMILES string of the molecule is Cc1ccc(S(=O)(=O)N2CCS[C@H]2c2ccc(Cl)cc2)cc1. The highest BCUT2D eigenvalue weighted by atomic mass is 35.5. The summed E-state index contributed by atoms with van der Waals surface area (Å²) >= 11 is 7.55. The maximum atomic E-state index is 12.9. The lowest BCUT2D eigenvalue weighted by Crippen LogP contribution is -2.30. The third-order valence-corrected chi connectivity index (χ3v) is 7.16. The van der Waals surface area contributed by atoms with E-state index in [2.05, 4.69) is 0 Å². The molecule has 1 saturated heterocycles. The van der Waals surface area contributed by atoms with Gasteiger partial charge in [-0.15, -0.1) is 11.8 Å². The maximum absolute atomic E-state index is 12.9. The van der Waals surface area contributed by atoms with Gasteiger partial charge in [0.05, 0.1) is 10.3 Å². The summed E-state index contributed by atoms with van der Waals surface area (Å²) in [5.74, 6) is 0.790. The van der Waals surface area contributed by atoms with Crippen molar-refractivity contribution < 1.29 is 8.42 Å². The Morgan fingerprint density at radius 3 is 2.36 bits per heavy atom. The molecular formula is C16H16ClNO2S2. The number of rotatable bonds is 3. The molecule has 0 saturated carbocycles. The minimum absolute atomic E-state index is 0.191. The maximum Gasteiger partial charge on any atom is 0.244 e. The van der Waals surface area contributed by atoms with Crippen molar-refractivity contribution in [1.29, 1.82) is 0 Å². The van der Waals surface area contributed by atoms with Gasteiger partial charge < -0.3 is 0 Å². The van der Waals surface area contributed by atoms with Crippen LogP contribution in [-0.2, 0) is 10.0 Å². The fourth-order valence-corrected chi connectivity index (χ4v) is 5.80. The van der Waals surface area contributed by atoms with E-state index in [0.717, 1.165) is 16.9 Å². The molecule has 0 unspecified atom stereocenters. The molecule has 1 aliphatic heterocycles. The third-order valence-electron chi connectivity index (χ3n) is 3.63.